The van der Waals surface area contributed by atoms with E-state index in [1.165, 1.54) is 13.2 Å². The smallest absolute Gasteiger partial charge is 0.161 e. The Morgan fingerprint density at radius 3 is 2.66 bits per heavy atom. The molecule has 0 spiro atoms. The Morgan fingerprint density at radius 1 is 1.17 bits per heavy atom. The molecule has 7 nitrogen and oxygen atoms in total. The van der Waals surface area contributed by atoms with Gasteiger partial charge in [0.05, 0.1) is 24.8 Å². The number of fused-ring (bicyclic) bond motifs is 1. The maximum atomic E-state index is 9.95. The summed E-state index contributed by atoms with van der Waals surface area (Å²) in [5.41, 5.74) is 11.0. The third-order valence-electron chi connectivity index (χ3n) is 4.83. The molecule has 0 radical (unpaired) electrons. The van der Waals surface area contributed by atoms with E-state index < -0.39 is 0 Å². The summed E-state index contributed by atoms with van der Waals surface area (Å²) in [6, 6.07) is 16.0. The van der Waals surface area contributed by atoms with Gasteiger partial charge in [-0.2, -0.15) is 0 Å². The summed E-state index contributed by atoms with van der Waals surface area (Å²) in [5, 5.41) is 28.1. The van der Waals surface area contributed by atoms with E-state index >= 15 is 0 Å². The highest BCUT2D eigenvalue weighted by molar-refractivity contribution is 6.13. The number of aliphatic hydroxyl groups excluding tert-OH is 1. The van der Waals surface area contributed by atoms with Gasteiger partial charge in [0.25, 0.3) is 0 Å². The molecule has 0 saturated carbocycles. The topological polar surface area (TPSA) is 128 Å². The molecular formula is C22H20N4O3. The SMILES string of the molecule is COc1cc(-c2ccc(C(=N)c3nc4ccccc4[nH]3)c(N)c2)c(CO)cc1O. The molecule has 0 fully saturated rings. The number of H-pyrrole nitrogens is 1. The number of benzene rings is 3. The fraction of sp³-hybridized carbons (Fsp3) is 0.0909. The number of phenolic OH excluding ortho intramolecular Hbond substituents is 1. The minimum absolute atomic E-state index is 0.0449. The number of hydrogen-bond acceptors (Lipinski definition) is 6. The van der Waals surface area contributed by atoms with E-state index in [2.05, 4.69) is 9.97 Å². The number of para-hydroxylation sites is 2. The quantitative estimate of drug-likeness (QED) is 0.264. The van der Waals surface area contributed by atoms with Crippen molar-refractivity contribution in [2.75, 3.05) is 12.8 Å². The number of aromatic hydroxyl groups is 1. The van der Waals surface area contributed by atoms with E-state index in [9.17, 15) is 10.2 Å². The third kappa shape index (κ3) is 3.28. The molecule has 0 bridgehead atoms. The number of hydrogen-bond donors (Lipinski definition) is 5. The number of phenols is 1. The van der Waals surface area contributed by atoms with Crippen LogP contribution in [-0.4, -0.2) is 33.0 Å². The molecular weight excluding hydrogens is 368 g/mol. The molecule has 0 unspecified atom stereocenters. The van der Waals surface area contributed by atoms with Crippen LogP contribution in [0.15, 0.2) is 54.6 Å². The molecule has 29 heavy (non-hydrogen) atoms. The predicted octanol–water partition coefficient (Wildman–Crippen LogP) is 3.43. The summed E-state index contributed by atoms with van der Waals surface area (Å²) in [4.78, 5) is 7.60. The van der Waals surface area contributed by atoms with Gasteiger partial charge in [0.1, 0.15) is 5.71 Å². The van der Waals surface area contributed by atoms with Crippen molar-refractivity contribution >= 4 is 22.4 Å². The Morgan fingerprint density at radius 2 is 1.97 bits per heavy atom. The van der Waals surface area contributed by atoms with Crippen LogP contribution in [-0.2, 0) is 6.61 Å². The van der Waals surface area contributed by atoms with Crippen molar-refractivity contribution in [2.24, 2.45) is 0 Å². The summed E-state index contributed by atoms with van der Waals surface area (Å²) in [6.07, 6.45) is 0. The lowest BCUT2D eigenvalue weighted by Gasteiger charge is -2.14. The Kier molecular flexibility index (Phi) is 4.66. The van der Waals surface area contributed by atoms with E-state index in [-0.39, 0.29) is 18.1 Å². The maximum Gasteiger partial charge on any atom is 0.161 e. The largest absolute Gasteiger partial charge is 0.504 e. The average molecular weight is 388 g/mol. The lowest BCUT2D eigenvalue weighted by Crippen LogP contribution is -2.07. The van der Waals surface area contributed by atoms with Gasteiger partial charge in [-0.1, -0.05) is 24.3 Å². The predicted molar refractivity (Wildman–Crippen MR) is 112 cm³/mol. The van der Waals surface area contributed by atoms with Crippen molar-refractivity contribution in [1.29, 1.82) is 5.41 Å². The van der Waals surface area contributed by atoms with Crippen LogP contribution in [0, 0.1) is 5.41 Å². The van der Waals surface area contributed by atoms with Crippen LogP contribution < -0.4 is 10.5 Å². The van der Waals surface area contributed by atoms with E-state index in [4.69, 9.17) is 15.9 Å². The second-order valence-electron chi connectivity index (χ2n) is 6.62. The molecule has 4 aromatic rings. The van der Waals surface area contributed by atoms with Gasteiger partial charge in [-0.05, 0) is 47.0 Å². The molecule has 3 aromatic carbocycles. The number of nitrogens with one attached hydrogen (secondary N) is 2. The van der Waals surface area contributed by atoms with Crippen LogP contribution in [0.25, 0.3) is 22.2 Å². The lowest BCUT2D eigenvalue weighted by molar-refractivity contribution is 0.281. The number of aromatic amines is 1. The number of aliphatic hydroxyl groups is 1. The summed E-state index contributed by atoms with van der Waals surface area (Å²) in [6.45, 7) is -0.247. The Bertz CT molecular complexity index is 1200. The Hall–Kier alpha value is -3.84. The van der Waals surface area contributed by atoms with E-state index in [1.54, 1.807) is 18.2 Å². The van der Waals surface area contributed by atoms with Crippen molar-refractivity contribution < 1.29 is 14.9 Å². The molecule has 6 N–H and O–H groups in total. The van der Waals surface area contributed by atoms with Gasteiger partial charge in [0.15, 0.2) is 17.3 Å². The van der Waals surface area contributed by atoms with Crippen LogP contribution in [0.3, 0.4) is 0 Å². The van der Waals surface area contributed by atoms with Gasteiger partial charge in [0, 0.05) is 11.3 Å². The van der Waals surface area contributed by atoms with Crippen molar-refractivity contribution in [1.82, 2.24) is 9.97 Å². The summed E-state index contributed by atoms with van der Waals surface area (Å²) in [5.74, 6) is 0.694. The van der Waals surface area contributed by atoms with Gasteiger partial charge >= 0.3 is 0 Å². The van der Waals surface area contributed by atoms with Crippen LogP contribution in [0.2, 0.25) is 0 Å². The van der Waals surface area contributed by atoms with Crippen molar-refractivity contribution in [3.8, 4) is 22.6 Å². The molecule has 0 atom stereocenters. The average Bonchev–Trinajstić information content (AvgIpc) is 3.17. The van der Waals surface area contributed by atoms with E-state index in [0.29, 0.717) is 34.0 Å². The number of aromatic nitrogens is 2. The molecule has 4 rings (SSSR count). The standard InChI is InChI=1S/C22H20N4O3/c1-29-20-10-15(13(11-27)9-19(20)28)12-6-7-14(16(23)8-12)21(24)22-25-17-4-2-3-5-18(17)26-22/h2-10,24,27-28H,11,23H2,1H3,(H,25,26). The molecule has 7 heteroatoms. The molecule has 0 aliphatic carbocycles. The zero-order valence-corrected chi connectivity index (χ0v) is 15.7. The Balaban J connectivity index is 1.74. The fourth-order valence-corrected chi connectivity index (χ4v) is 3.33. The first-order chi connectivity index (χ1) is 14.0. The van der Waals surface area contributed by atoms with E-state index in [1.807, 2.05) is 30.3 Å². The van der Waals surface area contributed by atoms with Gasteiger partial charge < -0.3 is 25.7 Å². The molecule has 0 aliphatic rings. The van der Waals surface area contributed by atoms with Crippen LogP contribution in [0.1, 0.15) is 17.0 Å². The van der Waals surface area contributed by atoms with Crippen molar-refractivity contribution in [3.63, 3.8) is 0 Å². The fourth-order valence-electron chi connectivity index (χ4n) is 3.33. The number of rotatable bonds is 5. The number of nitrogens with zero attached hydrogens (tertiary/aromatic N) is 1. The molecule has 0 saturated heterocycles. The summed E-state index contributed by atoms with van der Waals surface area (Å²) in [7, 11) is 1.46. The number of nitrogen functional groups attached to an aromatic ring is 1. The second-order valence-corrected chi connectivity index (χ2v) is 6.62. The maximum absolute atomic E-state index is 9.95. The second kappa shape index (κ2) is 7.29. The van der Waals surface area contributed by atoms with Crippen molar-refractivity contribution in [2.45, 2.75) is 6.61 Å². The first-order valence-electron chi connectivity index (χ1n) is 8.96. The summed E-state index contributed by atoms with van der Waals surface area (Å²) >= 11 is 0. The van der Waals surface area contributed by atoms with Gasteiger partial charge in [-0.15, -0.1) is 0 Å². The molecule has 0 aliphatic heterocycles. The van der Waals surface area contributed by atoms with Gasteiger partial charge in [0.2, 0.25) is 0 Å². The van der Waals surface area contributed by atoms with E-state index in [0.717, 1.165) is 16.6 Å². The first-order valence-corrected chi connectivity index (χ1v) is 8.96. The minimum Gasteiger partial charge on any atom is -0.504 e. The summed E-state index contributed by atoms with van der Waals surface area (Å²) < 4.78 is 5.18. The molecule has 0 amide bonds. The lowest BCUT2D eigenvalue weighted by atomic mass is 9.96. The van der Waals surface area contributed by atoms with Gasteiger partial charge in [-0.3, -0.25) is 5.41 Å². The number of ether oxygens (including phenoxy) is 1. The normalized spacial score (nSPS) is 11.0. The monoisotopic (exact) mass is 388 g/mol. The number of imidazole rings is 1. The first kappa shape index (κ1) is 18.5. The van der Waals surface area contributed by atoms with Crippen LogP contribution in [0.5, 0.6) is 11.5 Å². The van der Waals surface area contributed by atoms with Crippen LogP contribution in [0.4, 0.5) is 5.69 Å². The highest BCUT2D eigenvalue weighted by Crippen LogP contribution is 2.36. The number of nitrogens with two attached hydrogens (primary N) is 1. The highest BCUT2D eigenvalue weighted by Gasteiger charge is 2.16. The third-order valence-corrected chi connectivity index (χ3v) is 4.83. The zero-order valence-electron chi connectivity index (χ0n) is 15.7. The van der Waals surface area contributed by atoms with Crippen LogP contribution >= 0.6 is 0 Å². The minimum atomic E-state index is -0.247. The number of methoxy groups -OCH3 is 1. The molecule has 1 heterocycles. The van der Waals surface area contributed by atoms with Crippen molar-refractivity contribution in [3.05, 3.63) is 71.5 Å². The molecule has 1 aromatic heterocycles. The zero-order chi connectivity index (χ0) is 20.5. The van der Waals surface area contributed by atoms with Gasteiger partial charge in [-0.25, -0.2) is 4.98 Å². The molecule has 146 valence electrons. The number of anilines is 1. The highest BCUT2D eigenvalue weighted by atomic mass is 16.5. The Labute approximate surface area is 166 Å².